The first-order chi connectivity index (χ1) is 6.00. The van der Waals surface area contributed by atoms with Gasteiger partial charge in [0.25, 0.3) is 0 Å². The zero-order valence-electron chi connectivity index (χ0n) is 7.29. The van der Waals surface area contributed by atoms with Crippen molar-refractivity contribution in [3.63, 3.8) is 0 Å². The summed E-state index contributed by atoms with van der Waals surface area (Å²) in [5, 5.41) is 0. The van der Waals surface area contributed by atoms with Crippen molar-refractivity contribution in [3.8, 4) is 0 Å². The summed E-state index contributed by atoms with van der Waals surface area (Å²) in [5.74, 6) is 0. The third kappa shape index (κ3) is 5.49. The van der Waals surface area contributed by atoms with Crippen LogP contribution < -0.4 is 0 Å². The summed E-state index contributed by atoms with van der Waals surface area (Å²) < 4.78 is 9.89. The summed E-state index contributed by atoms with van der Waals surface area (Å²) in [7, 11) is 0. The molecule has 4 nitrogen and oxygen atoms in total. The Morgan fingerprint density at radius 1 is 0.500 bits per heavy atom. The van der Waals surface area contributed by atoms with Crippen LogP contribution in [-0.4, -0.2) is 39.6 Å². The van der Waals surface area contributed by atoms with Crippen LogP contribution in [0.2, 0.25) is 0 Å². The van der Waals surface area contributed by atoms with Crippen molar-refractivity contribution in [3.05, 3.63) is 0 Å². The lowest BCUT2D eigenvalue weighted by molar-refractivity contribution is -0.312. The van der Waals surface area contributed by atoms with Crippen LogP contribution in [-0.2, 0) is 19.2 Å². The summed E-state index contributed by atoms with van der Waals surface area (Å²) in [4.78, 5) is 9.14. The second kappa shape index (κ2) is 7.49. The smallest absolute Gasteiger partial charge is 0.0823 e. The topological polar surface area (TPSA) is 36.9 Å². The number of rotatable bonds is 0. The van der Waals surface area contributed by atoms with Crippen LogP contribution in [0, 0.1) is 0 Å². The minimum Gasteiger partial charge on any atom is -0.377 e. The van der Waals surface area contributed by atoms with Crippen LogP contribution in [0.15, 0.2) is 0 Å². The van der Waals surface area contributed by atoms with E-state index in [9.17, 15) is 0 Å². The molecule has 0 aromatic rings. The van der Waals surface area contributed by atoms with E-state index in [-0.39, 0.29) is 0 Å². The Labute approximate surface area is 72.7 Å². The van der Waals surface area contributed by atoms with E-state index in [0.29, 0.717) is 0 Å². The summed E-state index contributed by atoms with van der Waals surface area (Å²) >= 11 is 0. The number of hydrogen-bond donors (Lipinski definition) is 0. The molecule has 0 aromatic carbocycles. The molecule has 72 valence electrons. The molecule has 2 heterocycles. The zero-order valence-corrected chi connectivity index (χ0v) is 7.29. The predicted molar refractivity (Wildman–Crippen MR) is 42.8 cm³/mol. The van der Waals surface area contributed by atoms with Crippen LogP contribution in [0.5, 0.6) is 0 Å². The van der Waals surface area contributed by atoms with Crippen molar-refractivity contribution in [2.45, 2.75) is 12.8 Å². The molecule has 0 amide bonds. The normalized spacial score (nSPS) is 24.0. The SMILES string of the molecule is C1CCOOC1.C1COCCO1. The Morgan fingerprint density at radius 2 is 0.917 bits per heavy atom. The van der Waals surface area contributed by atoms with Gasteiger partial charge in [0.05, 0.1) is 39.6 Å². The molecule has 12 heavy (non-hydrogen) atoms. The molecule has 0 radical (unpaired) electrons. The first-order valence-corrected chi connectivity index (χ1v) is 4.40. The molecule has 2 fully saturated rings. The van der Waals surface area contributed by atoms with E-state index in [1.807, 2.05) is 0 Å². The molecule has 2 saturated heterocycles. The van der Waals surface area contributed by atoms with Crippen LogP contribution in [0.3, 0.4) is 0 Å². The maximum absolute atomic E-state index is 4.94. The maximum Gasteiger partial charge on any atom is 0.0823 e. The van der Waals surface area contributed by atoms with Gasteiger partial charge in [0.2, 0.25) is 0 Å². The van der Waals surface area contributed by atoms with Gasteiger partial charge < -0.3 is 9.47 Å². The lowest BCUT2D eigenvalue weighted by Gasteiger charge is -2.09. The van der Waals surface area contributed by atoms with Crippen LogP contribution in [0.25, 0.3) is 0 Å². The average molecular weight is 176 g/mol. The summed E-state index contributed by atoms with van der Waals surface area (Å²) in [6.07, 6.45) is 2.31. The number of hydrogen-bond acceptors (Lipinski definition) is 4. The fourth-order valence-corrected chi connectivity index (χ4v) is 0.880. The molecule has 2 rings (SSSR count). The fourth-order valence-electron chi connectivity index (χ4n) is 0.880. The molecule has 2 aliphatic rings. The highest BCUT2D eigenvalue weighted by molar-refractivity contribution is 4.37. The molecule has 0 aromatic heterocycles. The zero-order chi connectivity index (χ0) is 8.49. The van der Waals surface area contributed by atoms with Crippen molar-refractivity contribution >= 4 is 0 Å². The third-order valence-electron chi connectivity index (χ3n) is 1.53. The maximum atomic E-state index is 4.94. The van der Waals surface area contributed by atoms with E-state index in [4.69, 9.17) is 9.47 Å². The van der Waals surface area contributed by atoms with Gasteiger partial charge in [-0.25, -0.2) is 9.78 Å². The van der Waals surface area contributed by atoms with E-state index in [1.165, 1.54) is 0 Å². The summed E-state index contributed by atoms with van der Waals surface area (Å²) in [6.45, 7) is 4.67. The Balaban J connectivity index is 0.000000120. The Morgan fingerprint density at radius 3 is 1.08 bits per heavy atom. The predicted octanol–water partition coefficient (Wildman–Crippen LogP) is 0.762. The van der Waals surface area contributed by atoms with Crippen molar-refractivity contribution < 1.29 is 19.2 Å². The lowest BCUT2D eigenvalue weighted by Crippen LogP contribution is -2.16. The number of ether oxygens (including phenoxy) is 2. The van der Waals surface area contributed by atoms with Gasteiger partial charge in [0.1, 0.15) is 0 Å². The second-order valence-corrected chi connectivity index (χ2v) is 2.58. The largest absolute Gasteiger partial charge is 0.377 e. The molecular formula is C8H16O4. The molecule has 0 atom stereocenters. The molecule has 0 bridgehead atoms. The molecule has 0 saturated carbocycles. The van der Waals surface area contributed by atoms with E-state index >= 15 is 0 Å². The molecular weight excluding hydrogens is 160 g/mol. The van der Waals surface area contributed by atoms with Gasteiger partial charge in [-0.3, -0.25) is 0 Å². The van der Waals surface area contributed by atoms with Crippen LogP contribution >= 0.6 is 0 Å². The van der Waals surface area contributed by atoms with Gasteiger partial charge in [0.15, 0.2) is 0 Å². The van der Waals surface area contributed by atoms with Crippen molar-refractivity contribution in [1.29, 1.82) is 0 Å². The van der Waals surface area contributed by atoms with Crippen LogP contribution in [0.1, 0.15) is 12.8 Å². The van der Waals surface area contributed by atoms with Crippen molar-refractivity contribution in [2.75, 3.05) is 39.6 Å². The highest BCUT2D eigenvalue weighted by Crippen LogP contribution is 1.97. The highest BCUT2D eigenvalue weighted by atomic mass is 17.2. The third-order valence-corrected chi connectivity index (χ3v) is 1.53. The average Bonchev–Trinajstić information content (AvgIpc) is 2.24. The quantitative estimate of drug-likeness (QED) is 0.511. The van der Waals surface area contributed by atoms with Gasteiger partial charge in [-0.15, -0.1) is 0 Å². The Hall–Kier alpha value is -0.160. The van der Waals surface area contributed by atoms with E-state index < -0.39 is 0 Å². The first kappa shape index (κ1) is 9.92. The van der Waals surface area contributed by atoms with Gasteiger partial charge in [-0.1, -0.05) is 0 Å². The Bertz CT molecular complexity index is 54.0. The van der Waals surface area contributed by atoms with E-state index in [2.05, 4.69) is 9.78 Å². The second-order valence-electron chi connectivity index (χ2n) is 2.58. The van der Waals surface area contributed by atoms with Crippen molar-refractivity contribution in [2.24, 2.45) is 0 Å². The van der Waals surface area contributed by atoms with E-state index in [1.54, 1.807) is 0 Å². The van der Waals surface area contributed by atoms with Crippen LogP contribution in [0.4, 0.5) is 0 Å². The first-order valence-electron chi connectivity index (χ1n) is 4.40. The summed E-state index contributed by atoms with van der Waals surface area (Å²) in [6, 6.07) is 0. The summed E-state index contributed by atoms with van der Waals surface area (Å²) in [5.41, 5.74) is 0. The van der Waals surface area contributed by atoms with Crippen molar-refractivity contribution in [1.82, 2.24) is 0 Å². The molecule has 0 aliphatic carbocycles. The van der Waals surface area contributed by atoms with Gasteiger partial charge in [-0.2, -0.15) is 0 Å². The van der Waals surface area contributed by atoms with Gasteiger partial charge in [-0.05, 0) is 12.8 Å². The minimum absolute atomic E-state index is 0.778. The monoisotopic (exact) mass is 176 g/mol. The minimum atomic E-state index is 0.778. The standard InChI is InChI=1S/2C4H8O2/c1-2-6-4-3-5-1;1-2-4-6-5-3-1/h2*1-4H2. The Kier molecular flexibility index (Phi) is 6.19. The van der Waals surface area contributed by atoms with Gasteiger partial charge in [0, 0.05) is 0 Å². The fraction of sp³-hybridized carbons (Fsp3) is 1.00. The molecule has 0 unspecified atom stereocenters. The molecule has 4 heteroatoms. The molecule has 0 spiro atoms. The highest BCUT2D eigenvalue weighted by Gasteiger charge is 1.96. The van der Waals surface area contributed by atoms with Gasteiger partial charge >= 0.3 is 0 Å². The molecule has 2 aliphatic heterocycles. The molecule has 0 N–H and O–H groups in total. The van der Waals surface area contributed by atoms with E-state index in [0.717, 1.165) is 52.5 Å². The lowest BCUT2D eigenvalue weighted by atomic mass is 10.3.